The van der Waals surface area contributed by atoms with Crippen molar-refractivity contribution in [2.24, 2.45) is 0 Å². The van der Waals surface area contributed by atoms with Gasteiger partial charge in [-0.2, -0.15) is 10.5 Å². The van der Waals surface area contributed by atoms with Gasteiger partial charge in [0.2, 0.25) is 5.91 Å². The summed E-state index contributed by atoms with van der Waals surface area (Å²) in [6.07, 6.45) is 3.77. The molecule has 0 aromatic heterocycles. The number of rotatable bonds is 11. The standard InChI is InChI=1S/C34H42N6O3/c1-4-43-33(42)25-40(31-10-8-9-28(20-31)23-37-12-6-5-7-13-37)32(41)11-14-38-15-16-39(34(38)30(21-35)22-36)24-29-18-26(2)17-27(3)19-29/h8-10,17-20H,4-7,11-16,23-25H2,1-3H3. The van der Waals surface area contributed by atoms with Gasteiger partial charge >= 0.3 is 5.97 Å². The Hall–Kier alpha value is -4.34. The van der Waals surface area contributed by atoms with Crippen LogP contribution < -0.4 is 4.90 Å². The number of aryl methyl sites for hydroxylation is 2. The molecule has 0 radical (unpaired) electrons. The van der Waals surface area contributed by atoms with Gasteiger partial charge in [0.05, 0.1) is 6.61 Å². The Kier molecular flexibility index (Phi) is 11.2. The lowest BCUT2D eigenvalue weighted by atomic mass is 10.1. The Morgan fingerprint density at radius 3 is 2.26 bits per heavy atom. The molecule has 0 atom stereocenters. The summed E-state index contributed by atoms with van der Waals surface area (Å²) in [7, 11) is 0. The van der Waals surface area contributed by atoms with Crippen LogP contribution in [0.1, 0.15) is 54.9 Å². The predicted molar refractivity (Wildman–Crippen MR) is 165 cm³/mol. The van der Waals surface area contributed by atoms with Gasteiger partial charge in [-0.25, -0.2) is 0 Å². The molecule has 2 aromatic carbocycles. The molecule has 2 aliphatic rings. The lowest BCUT2D eigenvalue weighted by Gasteiger charge is -2.28. The molecular formula is C34H42N6O3. The van der Waals surface area contributed by atoms with Gasteiger partial charge < -0.3 is 19.4 Å². The van der Waals surface area contributed by atoms with Crippen LogP contribution >= 0.6 is 0 Å². The molecule has 1 amide bonds. The van der Waals surface area contributed by atoms with Gasteiger partial charge in [0, 0.05) is 44.8 Å². The molecule has 2 aromatic rings. The van der Waals surface area contributed by atoms with Crippen LogP contribution in [0, 0.1) is 36.5 Å². The predicted octanol–water partition coefficient (Wildman–Crippen LogP) is 4.65. The van der Waals surface area contributed by atoms with Gasteiger partial charge in [0.1, 0.15) is 24.5 Å². The van der Waals surface area contributed by atoms with Crippen molar-refractivity contribution in [3.05, 3.63) is 76.1 Å². The number of nitriles is 2. The van der Waals surface area contributed by atoms with Crippen LogP contribution in [0.5, 0.6) is 0 Å². The van der Waals surface area contributed by atoms with E-state index in [1.807, 2.05) is 28.0 Å². The van der Waals surface area contributed by atoms with E-state index in [1.54, 1.807) is 6.92 Å². The molecule has 2 heterocycles. The number of hydrogen-bond acceptors (Lipinski definition) is 8. The number of carbonyl (C=O) groups is 2. The molecule has 9 nitrogen and oxygen atoms in total. The minimum atomic E-state index is -0.463. The number of piperidine rings is 1. The second-order valence-corrected chi connectivity index (χ2v) is 11.4. The minimum absolute atomic E-state index is 0.0307. The molecule has 4 rings (SSSR count). The second kappa shape index (κ2) is 15.2. The zero-order chi connectivity index (χ0) is 30.8. The fourth-order valence-corrected chi connectivity index (χ4v) is 6.07. The highest BCUT2D eigenvalue weighted by Gasteiger charge is 2.30. The van der Waals surface area contributed by atoms with Crippen LogP contribution in [0.25, 0.3) is 0 Å². The number of benzene rings is 2. The van der Waals surface area contributed by atoms with E-state index < -0.39 is 5.97 Å². The van der Waals surface area contributed by atoms with Crippen LogP contribution in [0.15, 0.2) is 53.9 Å². The average molecular weight is 583 g/mol. The van der Waals surface area contributed by atoms with Gasteiger partial charge in [-0.1, -0.05) is 47.9 Å². The van der Waals surface area contributed by atoms with Crippen LogP contribution in [0.3, 0.4) is 0 Å². The first-order valence-corrected chi connectivity index (χ1v) is 15.2. The lowest BCUT2D eigenvalue weighted by Crippen LogP contribution is -2.38. The number of ether oxygens (including phenoxy) is 1. The van der Waals surface area contributed by atoms with Crippen molar-refractivity contribution in [3.8, 4) is 12.1 Å². The third kappa shape index (κ3) is 8.59. The summed E-state index contributed by atoms with van der Waals surface area (Å²) in [5.41, 5.74) is 5.21. The number of esters is 1. The maximum atomic E-state index is 13.7. The maximum absolute atomic E-state index is 13.7. The molecule has 43 heavy (non-hydrogen) atoms. The van der Waals surface area contributed by atoms with Crippen molar-refractivity contribution in [1.29, 1.82) is 10.5 Å². The Morgan fingerprint density at radius 1 is 0.884 bits per heavy atom. The Balaban J connectivity index is 1.51. The highest BCUT2D eigenvalue weighted by molar-refractivity contribution is 5.97. The van der Waals surface area contributed by atoms with Crippen molar-refractivity contribution in [1.82, 2.24) is 14.7 Å². The van der Waals surface area contributed by atoms with Gasteiger partial charge in [-0.15, -0.1) is 0 Å². The molecule has 0 aliphatic carbocycles. The van der Waals surface area contributed by atoms with Gasteiger partial charge in [0.25, 0.3) is 0 Å². The average Bonchev–Trinajstić information content (AvgIpc) is 3.37. The molecule has 0 spiro atoms. The summed E-state index contributed by atoms with van der Waals surface area (Å²) in [6.45, 7) is 10.9. The van der Waals surface area contributed by atoms with E-state index in [4.69, 9.17) is 4.74 Å². The zero-order valence-electron chi connectivity index (χ0n) is 25.6. The summed E-state index contributed by atoms with van der Waals surface area (Å²) < 4.78 is 5.20. The molecule has 0 N–H and O–H groups in total. The third-order valence-electron chi connectivity index (χ3n) is 7.91. The number of nitrogens with zero attached hydrogens (tertiary/aromatic N) is 6. The van der Waals surface area contributed by atoms with E-state index >= 15 is 0 Å². The summed E-state index contributed by atoms with van der Waals surface area (Å²) >= 11 is 0. The number of hydrogen-bond donors (Lipinski definition) is 0. The molecule has 2 saturated heterocycles. The first kappa shape index (κ1) is 31.6. The van der Waals surface area contributed by atoms with Gasteiger partial charge in [0.15, 0.2) is 5.57 Å². The lowest BCUT2D eigenvalue weighted by molar-refractivity contribution is -0.142. The number of likely N-dealkylation sites (tertiary alicyclic amines) is 1. The minimum Gasteiger partial charge on any atom is -0.465 e. The fourth-order valence-electron chi connectivity index (χ4n) is 6.07. The zero-order valence-corrected chi connectivity index (χ0v) is 25.6. The quantitative estimate of drug-likeness (QED) is 0.279. The van der Waals surface area contributed by atoms with Crippen molar-refractivity contribution < 1.29 is 14.3 Å². The van der Waals surface area contributed by atoms with Crippen molar-refractivity contribution in [2.45, 2.75) is 59.5 Å². The van der Waals surface area contributed by atoms with Crippen LogP contribution in [0.4, 0.5) is 5.69 Å². The van der Waals surface area contributed by atoms with E-state index in [9.17, 15) is 20.1 Å². The van der Waals surface area contributed by atoms with Crippen molar-refractivity contribution in [2.75, 3.05) is 50.8 Å². The first-order valence-electron chi connectivity index (χ1n) is 15.2. The summed E-state index contributed by atoms with van der Waals surface area (Å²) in [5, 5.41) is 19.5. The van der Waals surface area contributed by atoms with Crippen LogP contribution in [-0.4, -0.2) is 72.5 Å². The molecule has 2 fully saturated rings. The van der Waals surface area contributed by atoms with Crippen molar-refractivity contribution >= 4 is 17.6 Å². The monoisotopic (exact) mass is 582 g/mol. The Bertz CT molecular complexity index is 1380. The van der Waals surface area contributed by atoms with Crippen LogP contribution in [-0.2, 0) is 27.4 Å². The third-order valence-corrected chi connectivity index (χ3v) is 7.91. The van der Waals surface area contributed by atoms with E-state index in [2.05, 4.69) is 55.2 Å². The molecule has 226 valence electrons. The summed E-state index contributed by atoms with van der Waals surface area (Å²) in [5.74, 6) is -0.127. The topological polar surface area (TPSA) is 104 Å². The molecule has 0 unspecified atom stereocenters. The Labute approximate surface area is 255 Å². The first-order chi connectivity index (χ1) is 20.8. The molecule has 0 saturated carbocycles. The van der Waals surface area contributed by atoms with Crippen molar-refractivity contribution in [3.63, 3.8) is 0 Å². The molecule has 2 aliphatic heterocycles. The highest BCUT2D eigenvalue weighted by atomic mass is 16.5. The maximum Gasteiger partial charge on any atom is 0.326 e. The molecular weight excluding hydrogens is 540 g/mol. The highest BCUT2D eigenvalue weighted by Crippen LogP contribution is 2.26. The summed E-state index contributed by atoms with van der Waals surface area (Å²) in [4.78, 5) is 34.2. The number of allylic oxidation sites excluding steroid dienone is 1. The van der Waals surface area contributed by atoms with Gasteiger partial charge in [-0.05, 0) is 70.0 Å². The number of anilines is 1. The fraction of sp³-hybridized carbons (Fsp3) is 0.471. The van der Waals surface area contributed by atoms with E-state index in [1.165, 1.54) is 24.2 Å². The molecule has 9 heteroatoms. The SMILES string of the molecule is CCOC(=O)CN(C(=O)CCN1CCN(Cc2cc(C)cc(C)c2)C1=C(C#N)C#N)c1cccc(CN2CCCCC2)c1. The summed E-state index contributed by atoms with van der Waals surface area (Å²) in [6, 6.07) is 18.3. The molecule has 0 bridgehead atoms. The van der Waals surface area contributed by atoms with E-state index in [0.29, 0.717) is 37.7 Å². The Morgan fingerprint density at radius 2 is 1.58 bits per heavy atom. The van der Waals surface area contributed by atoms with Gasteiger partial charge in [-0.3, -0.25) is 14.5 Å². The second-order valence-electron chi connectivity index (χ2n) is 11.4. The van der Waals surface area contributed by atoms with E-state index in [-0.39, 0.29) is 31.1 Å². The van der Waals surface area contributed by atoms with Crippen LogP contribution in [0.2, 0.25) is 0 Å². The smallest absolute Gasteiger partial charge is 0.326 e. The van der Waals surface area contributed by atoms with E-state index in [0.717, 1.165) is 41.9 Å². The number of amides is 1. The largest absolute Gasteiger partial charge is 0.465 e. The number of carbonyl (C=O) groups excluding carboxylic acids is 2. The normalized spacial score (nSPS) is 15.1.